The van der Waals surface area contributed by atoms with Gasteiger partial charge in [-0.1, -0.05) is 34.1 Å². The lowest BCUT2D eigenvalue weighted by atomic mass is 9.89. The Morgan fingerprint density at radius 1 is 1.07 bits per heavy atom. The Hall–Kier alpha value is -2.54. The molecule has 1 aliphatic carbocycles. The number of nitrogens with one attached hydrogen (secondary N) is 1. The summed E-state index contributed by atoms with van der Waals surface area (Å²) in [7, 11) is 0. The zero-order chi connectivity index (χ0) is 20.2. The molecule has 29 heavy (non-hydrogen) atoms. The van der Waals surface area contributed by atoms with Gasteiger partial charge in [-0.25, -0.2) is 4.79 Å². The topological polar surface area (TPSA) is 67.9 Å². The molecule has 1 fully saturated rings. The fourth-order valence-electron chi connectivity index (χ4n) is 4.32. The van der Waals surface area contributed by atoms with Gasteiger partial charge in [0.2, 0.25) is 0 Å². The third kappa shape index (κ3) is 2.99. The van der Waals surface area contributed by atoms with Crippen molar-refractivity contribution < 1.29 is 19.1 Å². The molecule has 1 unspecified atom stereocenters. The van der Waals surface area contributed by atoms with Crippen LogP contribution >= 0.6 is 15.9 Å². The largest absolute Gasteiger partial charge is 0.486 e. The number of benzene rings is 2. The first-order valence-corrected chi connectivity index (χ1v) is 10.6. The third-order valence-electron chi connectivity index (χ3n) is 5.99. The number of fused-ring (bicyclic) bond motifs is 2. The molecular weight excluding hydrogens is 436 g/mol. The molecule has 2 heterocycles. The molecule has 2 aliphatic heterocycles. The lowest BCUT2D eigenvalue weighted by Crippen LogP contribution is -2.41. The number of rotatable bonds is 3. The molecule has 1 atom stereocenters. The average Bonchev–Trinajstić information content (AvgIpc) is 3.26. The van der Waals surface area contributed by atoms with Crippen LogP contribution in [0.25, 0.3) is 0 Å². The highest BCUT2D eigenvalue weighted by atomic mass is 79.9. The first kappa shape index (κ1) is 18.5. The van der Waals surface area contributed by atoms with Gasteiger partial charge in [-0.15, -0.1) is 0 Å². The molecular formula is C22H21BrN2O4. The normalized spacial score (nSPS) is 22.6. The Morgan fingerprint density at radius 3 is 2.59 bits per heavy atom. The van der Waals surface area contributed by atoms with Gasteiger partial charge in [0.25, 0.3) is 5.91 Å². The smallest absolute Gasteiger partial charge is 0.325 e. The quantitative estimate of drug-likeness (QED) is 0.715. The molecule has 0 radical (unpaired) electrons. The van der Waals surface area contributed by atoms with Gasteiger partial charge in [-0.05, 0) is 60.6 Å². The van der Waals surface area contributed by atoms with Crippen LogP contribution in [0.15, 0.2) is 34.8 Å². The molecule has 1 N–H and O–H groups in total. The van der Waals surface area contributed by atoms with Gasteiger partial charge in [-0.3, -0.25) is 9.69 Å². The molecule has 0 bridgehead atoms. The van der Waals surface area contributed by atoms with Crippen molar-refractivity contribution >= 4 is 27.9 Å². The van der Waals surface area contributed by atoms with Crippen molar-refractivity contribution in [2.45, 2.75) is 38.3 Å². The van der Waals surface area contributed by atoms with Crippen LogP contribution in [0, 0.1) is 0 Å². The van der Waals surface area contributed by atoms with Crippen molar-refractivity contribution in [3.8, 4) is 11.5 Å². The van der Waals surface area contributed by atoms with E-state index in [0.717, 1.165) is 34.9 Å². The van der Waals surface area contributed by atoms with Gasteiger partial charge >= 0.3 is 6.03 Å². The van der Waals surface area contributed by atoms with Gasteiger partial charge < -0.3 is 14.8 Å². The number of imide groups is 1. The summed E-state index contributed by atoms with van der Waals surface area (Å²) in [6, 6.07) is 9.38. The Labute approximate surface area is 177 Å². The van der Waals surface area contributed by atoms with E-state index in [0.29, 0.717) is 24.7 Å². The molecule has 0 saturated carbocycles. The predicted molar refractivity (Wildman–Crippen MR) is 110 cm³/mol. The van der Waals surface area contributed by atoms with Crippen molar-refractivity contribution in [3.63, 3.8) is 0 Å². The second kappa shape index (κ2) is 6.76. The maximum atomic E-state index is 13.3. The van der Waals surface area contributed by atoms with E-state index in [1.807, 2.05) is 18.2 Å². The maximum absolute atomic E-state index is 13.3. The number of ether oxygens (including phenoxy) is 2. The molecule has 2 aromatic rings. The van der Waals surface area contributed by atoms with E-state index in [9.17, 15) is 9.59 Å². The standard InChI is InChI=1S/C22H21BrN2O4/c1-22(16-6-5-13-3-2-4-14(13)9-16)20(26)25(21(27)24-22)12-15-10-18-19(11-17(15)23)29-8-7-28-18/h5-6,9-11H,2-4,7-8,12H2,1H3,(H,24,27). The average molecular weight is 457 g/mol. The van der Waals surface area contributed by atoms with E-state index in [2.05, 4.69) is 33.4 Å². The summed E-state index contributed by atoms with van der Waals surface area (Å²) in [6.45, 7) is 2.92. The maximum Gasteiger partial charge on any atom is 0.325 e. The predicted octanol–water partition coefficient (Wildman–Crippen LogP) is 3.68. The first-order valence-electron chi connectivity index (χ1n) is 9.80. The van der Waals surface area contributed by atoms with Gasteiger partial charge in [-0.2, -0.15) is 0 Å². The minimum absolute atomic E-state index is 0.155. The van der Waals surface area contributed by atoms with E-state index >= 15 is 0 Å². The van der Waals surface area contributed by atoms with Gasteiger partial charge in [0, 0.05) is 4.47 Å². The highest BCUT2D eigenvalue weighted by molar-refractivity contribution is 9.10. The molecule has 0 spiro atoms. The number of carbonyl (C=O) groups excluding carboxylic acids is 2. The number of halogens is 1. The van der Waals surface area contributed by atoms with Gasteiger partial charge in [0.15, 0.2) is 11.5 Å². The minimum Gasteiger partial charge on any atom is -0.486 e. The van der Waals surface area contributed by atoms with Gasteiger partial charge in [0.1, 0.15) is 18.8 Å². The van der Waals surface area contributed by atoms with Crippen LogP contribution in [0.3, 0.4) is 0 Å². The van der Waals surface area contributed by atoms with E-state index in [1.165, 1.54) is 16.0 Å². The fraction of sp³-hybridized carbons (Fsp3) is 0.364. The second-order valence-corrected chi connectivity index (χ2v) is 8.73. The number of urea groups is 1. The summed E-state index contributed by atoms with van der Waals surface area (Å²) < 4.78 is 12.0. The summed E-state index contributed by atoms with van der Waals surface area (Å²) in [5.74, 6) is 1.04. The molecule has 3 amide bonds. The van der Waals surface area contributed by atoms with Crippen molar-refractivity contribution in [3.05, 3.63) is 57.1 Å². The van der Waals surface area contributed by atoms with E-state index in [1.54, 1.807) is 6.92 Å². The van der Waals surface area contributed by atoms with Crippen molar-refractivity contribution in [2.24, 2.45) is 0 Å². The van der Waals surface area contributed by atoms with Crippen LogP contribution in [0.5, 0.6) is 11.5 Å². The summed E-state index contributed by atoms with van der Waals surface area (Å²) in [4.78, 5) is 27.3. The third-order valence-corrected chi connectivity index (χ3v) is 6.73. The van der Waals surface area contributed by atoms with Crippen LogP contribution in [0.2, 0.25) is 0 Å². The molecule has 0 aromatic heterocycles. The van der Waals surface area contributed by atoms with Crippen LogP contribution in [-0.2, 0) is 29.7 Å². The summed E-state index contributed by atoms with van der Waals surface area (Å²) in [6.07, 6.45) is 3.24. The molecule has 6 nitrogen and oxygen atoms in total. The summed E-state index contributed by atoms with van der Waals surface area (Å²) in [5, 5.41) is 2.91. The first-order chi connectivity index (χ1) is 14.0. The molecule has 1 saturated heterocycles. The van der Waals surface area contributed by atoms with E-state index in [-0.39, 0.29) is 18.5 Å². The Bertz CT molecular complexity index is 1040. The van der Waals surface area contributed by atoms with Crippen molar-refractivity contribution in [2.75, 3.05) is 13.2 Å². The monoisotopic (exact) mass is 456 g/mol. The number of amides is 3. The number of nitrogens with zero attached hydrogens (tertiary/aromatic N) is 1. The highest BCUT2D eigenvalue weighted by Gasteiger charge is 2.49. The highest BCUT2D eigenvalue weighted by Crippen LogP contribution is 2.38. The van der Waals surface area contributed by atoms with Crippen LogP contribution < -0.4 is 14.8 Å². The van der Waals surface area contributed by atoms with Crippen LogP contribution in [0.4, 0.5) is 4.79 Å². The minimum atomic E-state index is -1.06. The van der Waals surface area contributed by atoms with Crippen LogP contribution in [-0.4, -0.2) is 30.1 Å². The zero-order valence-corrected chi connectivity index (χ0v) is 17.7. The van der Waals surface area contributed by atoms with E-state index < -0.39 is 5.54 Å². The molecule has 3 aliphatic rings. The summed E-state index contributed by atoms with van der Waals surface area (Å²) in [5.41, 5.74) is 3.18. The van der Waals surface area contributed by atoms with Crippen molar-refractivity contribution in [1.82, 2.24) is 10.2 Å². The fourth-order valence-corrected chi connectivity index (χ4v) is 4.76. The van der Waals surface area contributed by atoms with Gasteiger partial charge in [0.05, 0.1) is 6.54 Å². The van der Waals surface area contributed by atoms with Crippen molar-refractivity contribution in [1.29, 1.82) is 0 Å². The number of aryl methyl sites for hydroxylation is 2. The zero-order valence-electron chi connectivity index (χ0n) is 16.1. The molecule has 5 rings (SSSR count). The number of hydrogen-bond donors (Lipinski definition) is 1. The van der Waals surface area contributed by atoms with Crippen LogP contribution in [0.1, 0.15) is 35.6 Å². The molecule has 2 aromatic carbocycles. The lowest BCUT2D eigenvalue weighted by Gasteiger charge is -2.24. The SMILES string of the molecule is CC1(c2ccc3c(c2)CCC3)NC(=O)N(Cc2cc3c(cc2Br)OCCO3)C1=O. The lowest BCUT2D eigenvalue weighted by molar-refractivity contribution is -0.131. The molecule has 7 heteroatoms. The second-order valence-electron chi connectivity index (χ2n) is 7.87. The Balaban J connectivity index is 1.44. The number of carbonyl (C=O) groups is 2. The summed E-state index contributed by atoms with van der Waals surface area (Å²) >= 11 is 3.52. The molecule has 150 valence electrons. The number of hydrogen-bond acceptors (Lipinski definition) is 4. The Kier molecular flexibility index (Phi) is 4.31. The Morgan fingerprint density at radius 2 is 1.79 bits per heavy atom. The van der Waals surface area contributed by atoms with E-state index in [4.69, 9.17) is 9.47 Å².